The van der Waals surface area contributed by atoms with Crippen LogP contribution >= 0.6 is 0 Å². The summed E-state index contributed by atoms with van der Waals surface area (Å²) in [5, 5.41) is 25.4. The van der Waals surface area contributed by atoms with Crippen LogP contribution in [0.3, 0.4) is 0 Å². The first kappa shape index (κ1) is 13.6. The van der Waals surface area contributed by atoms with E-state index >= 15 is 0 Å². The molecule has 0 bridgehead atoms. The third kappa shape index (κ3) is 8.90. The molecule has 6 nitrogen and oxygen atoms in total. The second-order valence-electron chi connectivity index (χ2n) is 1.89. The van der Waals surface area contributed by atoms with Crippen LogP contribution in [-0.2, 0) is 9.05 Å². The molecule has 0 aromatic rings. The van der Waals surface area contributed by atoms with Gasteiger partial charge in [-0.1, -0.05) is 0 Å². The molecule has 0 unspecified atom stereocenters. The van der Waals surface area contributed by atoms with Crippen molar-refractivity contribution in [3.63, 3.8) is 0 Å². The molecule has 80 valence electrons. The minimum atomic E-state index is -2.69. The molecule has 0 atom stereocenters. The van der Waals surface area contributed by atoms with Crippen LogP contribution in [0, 0.1) is 0 Å². The molecule has 3 N–H and O–H groups in total. The molecule has 0 aliphatic heterocycles. The van der Waals surface area contributed by atoms with Crippen LogP contribution in [0.1, 0.15) is 0 Å². The van der Waals surface area contributed by atoms with Crippen molar-refractivity contribution in [2.45, 2.75) is 0 Å². The van der Waals surface area contributed by atoms with Crippen molar-refractivity contribution in [1.29, 1.82) is 0 Å². The maximum absolute atomic E-state index is 8.46. The van der Waals surface area contributed by atoms with Crippen LogP contribution in [0.15, 0.2) is 0 Å². The van der Waals surface area contributed by atoms with E-state index in [2.05, 4.69) is 0 Å². The molecule has 0 saturated carbocycles. The maximum atomic E-state index is 8.46. The molecule has 0 amide bonds. The van der Waals surface area contributed by atoms with E-state index in [4.69, 9.17) is 24.4 Å². The Labute approximate surface area is 85.7 Å². The third-order valence-electron chi connectivity index (χ3n) is 0.864. The van der Waals surface area contributed by atoms with Crippen LogP contribution in [0.5, 0.6) is 0 Å². The SMILES string of the molecule is OCC[O][Sb]([O]CCO)[O]CCO. The van der Waals surface area contributed by atoms with Crippen LogP contribution in [0.4, 0.5) is 0 Å². The number of aliphatic hydroxyl groups excluding tert-OH is 3. The number of hydrogen-bond donors (Lipinski definition) is 3. The number of rotatable bonds is 9. The second-order valence-corrected chi connectivity index (χ2v) is 5.38. The molecule has 0 fully saturated rings. The van der Waals surface area contributed by atoms with E-state index in [9.17, 15) is 0 Å². The zero-order valence-corrected chi connectivity index (χ0v) is 9.81. The summed E-state index contributed by atoms with van der Waals surface area (Å²) < 4.78 is 15.2. The summed E-state index contributed by atoms with van der Waals surface area (Å²) in [6.45, 7) is 0.224. The Hall–Kier alpha value is 0.578. The minimum absolute atomic E-state index is 0.0916. The second kappa shape index (κ2) is 10.7. The molecule has 0 rings (SSSR count). The van der Waals surface area contributed by atoms with Crippen LogP contribution in [-0.4, -0.2) is 76.4 Å². The van der Waals surface area contributed by atoms with Crippen molar-refractivity contribution >= 4 is 21.5 Å². The number of hydrogen-bond acceptors (Lipinski definition) is 6. The Morgan fingerprint density at radius 3 is 1.23 bits per heavy atom. The normalized spacial score (nSPS) is 11.1. The van der Waals surface area contributed by atoms with E-state index in [-0.39, 0.29) is 39.6 Å². The van der Waals surface area contributed by atoms with Gasteiger partial charge in [-0.2, -0.15) is 0 Å². The monoisotopic (exact) mass is 304 g/mol. The number of aliphatic hydroxyl groups is 3. The average molecular weight is 305 g/mol. The molecular formula is C6H15O6Sb. The van der Waals surface area contributed by atoms with Gasteiger partial charge in [0.2, 0.25) is 0 Å². The fourth-order valence-electron chi connectivity index (χ4n) is 0.458. The van der Waals surface area contributed by atoms with E-state index in [1.165, 1.54) is 0 Å². The first-order chi connectivity index (χ1) is 6.35. The topological polar surface area (TPSA) is 88.4 Å². The Kier molecular flexibility index (Phi) is 11.1. The Morgan fingerprint density at radius 2 is 1.00 bits per heavy atom. The molecule has 0 saturated heterocycles. The van der Waals surface area contributed by atoms with E-state index < -0.39 is 21.5 Å². The first-order valence-electron chi connectivity index (χ1n) is 3.86. The Morgan fingerprint density at radius 1 is 0.692 bits per heavy atom. The van der Waals surface area contributed by atoms with Gasteiger partial charge in [0.25, 0.3) is 0 Å². The van der Waals surface area contributed by atoms with Gasteiger partial charge in [-0.15, -0.1) is 0 Å². The predicted molar refractivity (Wildman–Crippen MR) is 44.9 cm³/mol. The third-order valence-corrected chi connectivity index (χ3v) is 4.23. The van der Waals surface area contributed by atoms with Crippen molar-refractivity contribution in [2.75, 3.05) is 39.6 Å². The molecule has 13 heavy (non-hydrogen) atoms. The van der Waals surface area contributed by atoms with E-state index in [1.807, 2.05) is 0 Å². The summed E-state index contributed by atoms with van der Waals surface area (Å²) >= 11 is -2.69. The summed E-state index contributed by atoms with van der Waals surface area (Å²) in [7, 11) is 0. The molecule has 0 aromatic carbocycles. The predicted octanol–water partition coefficient (Wildman–Crippen LogP) is -2.00. The van der Waals surface area contributed by atoms with Crippen molar-refractivity contribution < 1.29 is 24.4 Å². The van der Waals surface area contributed by atoms with Crippen LogP contribution in [0.2, 0.25) is 0 Å². The van der Waals surface area contributed by atoms with Crippen molar-refractivity contribution in [3.8, 4) is 0 Å². The molecule has 0 aliphatic rings. The van der Waals surface area contributed by atoms with Crippen LogP contribution in [0.25, 0.3) is 0 Å². The van der Waals surface area contributed by atoms with Gasteiger partial charge in [0.15, 0.2) is 0 Å². The molecule has 0 spiro atoms. The van der Waals surface area contributed by atoms with Gasteiger partial charge in [0.05, 0.1) is 0 Å². The first-order valence-corrected chi connectivity index (χ1v) is 6.99. The summed E-state index contributed by atoms with van der Waals surface area (Å²) in [5.41, 5.74) is 0. The summed E-state index contributed by atoms with van der Waals surface area (Å²) in [6, 6.07) is 0. The molecule has 0 radical (unpaired) electrons. The summed E-state index contributed by atoms with van der Waals surface area (Å²) in [5.74, 6) is 0. The fourth-order valence-corrected chi connectivity index (χ4v) is 3.07. The van der Waals surface area contributed by atoms with Gasteiger partial charge in [-0.05, 0) is 0 Å². The summed E-state index contributed by atoms with van der Waals surface area (Å²) in [6.07, 6.45) is 0. The summed E-state index contributed by atoms with van der Waals surface area (Å²) in [4.78, 5) is 0. The van der Waals surface area contributed by atoms with Crippen LogP contribution < -0.4 is 0 Å². The Balaban J connectivity index is 3.47. The van der Waals surface area contributed by atoms with Crippen molar-refractivity contribution in [2.24, 2.45) is 0 Å². The van der Waals surface area contributed by atoms with Gasteiger partial charge >= 0.3 is 85.5 Å². The zero-order valence-electron chi connectivity index (χ0n) is 7.26. The van der Waals surface area contributed by atoms with Gasteiger partial charge in [0, 0.05) is 0 Å². The van der Waals surface area contributed by atoms with E-state index in [0.29, 0.717) is 0 Å². The van der Waals surface area contributed by atoms with Gasteiger partial charge in [0.1, 0.15) is 0 Å². The van der Waals surface area contributed by atoms with Crippen molar-refractivity contribution in [3.05, 3.63) is 0 Å². The van der Waals surface area contributed by atoms with E-state index in [0.717, 1.165) is 0 Å². The fraction of sp³-hybridized carbons (Fsp3) is 1.00. The zero-order chi connectivity index (χ0) is 9.94. The average Bonchev–Trinajstić information content (AvgIpc) is 2.17. The van der Waals surface area contributed by atoms with Gasteiger partial charge in [-0.3, -0.25) is 0 Å². The Bertz CT molecular complexity index is 84.1. The van der Waals surface area contributed by atoms with Gasteiger partial charge in [-0.25, -0.2) is 0 Å². The molecular weight excluding hydrogens is 290 g/mol. The van der Waals surface area contributed by atoms with E-state index in [1.54, 1.807) is 0 Å². The molecule has 0 aliphatic carbocycles. The molecule has 7 heteroatoms. The van der Waals surface area contributed by atoms with Crippen molar-refractivity contribution in [1.82, 2.24) is 0 Å². The molecule has 0 heterocycles. The quantitative estimate of drug-likeness (QED) is 0.427. The molecule has 0 aromatic heterocycles. The van der Waals surface area contributed by atoms with Gasteiger partial charge < -0.3 is 0 Å². The standard InChI is InChI=1S/3C2H5O2.Sb/c3*3-1-2-4;/h3*3H,1-2H2;/q3*-1;+3.